The highest BCUT2D eigenvalue weighted by molar-refractivity contribution is 7.99. The van der Waals surface area contributed by atoms with Crippen molar-refractivity contribution >= 4 is 39.3 Å². The van der Waals surface area contributed by atoms with E-state index in [4.69, 9.17) is 0 Å². The van der Waals surface area contributed by atoms with Crippen molar-refractivity contribution in [1.29, 1.82) is 0 Å². The Kier molecular flexibility index (Phi) is 6.15. The van der Waals surface area contributed by atoms with Gasteiger partial charge in [-0.05, 0) is 36.4 Å². The molecule has 146 valence electrons. The molecule has 0 aromatic heterocycles. The van der Waals surface area contributed by atoms with Gasteiger partial charge in [0.25, 0.3) is 0 Å². The number of rotatable bonds is 6. The highest BCUT2D eigenvalue weighted by Gasteiger charge is 2.61. The van der Waals surface area contributed by atoms with Crippen LogP contribution in [0.3, 0.4) is 0 Å². The van der Waals surface area contributed by atoms with Crippen LogP contribution in [0, 0.1) is 0 Å². The molecule has 0 atom stereocenters. The summed E-state index contributed by atoms with van der Waals surface area (Å²) in [6.45, 7) is 15.6. The number of hydrogen-bond acceptors (Lipinski definition) is 0. The molecule has 0 heterocycles. The van der Waals surface area contributed by atoms with E-state index in [1.807, 2.05) is 0 Å². The summed E-state index contributed by atoms with van der Waals surface area (Å²) in [6, 6.07) is 34.3. The van der Waals surface area contributed by atoms with Crippen LogP contribution in [0.4, 0.5) is 0 Å². The Morgan fingerprint density at radius 1 is 0.464 bits per heavy atom. The van der Waals surface area contributed by atoms with Crippen molar-refractivity contribution in [1.82, 2.24) is 0 Å². The highest BCUT2D eigenvalue weighted by atomic mass is 31.2. The quantitative estimate of drug-likeness (QED) is 0.333. The van der Waals surface area contributed by atoms with Crippen molar-refractivity contribution in [2.75, 3.05) is 0 Å². The molecular formula is C25H34PSi2+. The molecule has 0 spiro atoms. The minimum Gasteiger partial charge on any atom is -0.0663 e. The predicted octanol–water partition coefficient (Wildman–Crippen LogP) is 6.10. The standard InChI is InChI=1S/C25H34PSi2/c1-27(2,3)25(28(4,5)6)26(22-16-10-7-11-17-22,23-18-12-8-13-19-23)24-20-14-9-15-21-24/h7-21,25H,1-6H3/q+1. The maximum absolute atomic E-state index is 2.60. The number of benzene rings is 3. The maximum atomic E-state index is 2.60. The summed E-state index contributed by atoms with van der Waals surface area (Å²) in [5.74, 6) is 0. The summed E-state index contributed by atoms with van der Waals surface area (Å²) in [4.78, 5) is 0.764. The molecule has 0 aliphatic rings. The van der Waals surface area contributed by atoms with Crippen LogP contribution < -0.4 is 15.9 Å². The zero-order chi connectivity index (χ0) is 20.4. The average molecular weight is 422 g/mol. The lowest BCUT2D eigenvalue weighted by Gasteiger charge is -2.46. The molecule has 3 heteroatoms. The summed E-state index contributed by atoms with van der Waals surface area (Å²) in [5.41, 5.74) is 0. The predicted molar refractivity (Wildman–Crippen MR) is 136 cm³/mol. The van der Waals surface area contributed by atoms with Crippen LogP contribution >= 0.6 is 7.26 Å². The Balaban J connectivity index is 2.51. The van der Waals surface area contributed by atoms with Crippen molar-refractivity contribution < 1.29 is 0 Å². The summed E-state index contributed by atoms with van der Waals surface area (Å²) >= 11 is 0. The van der Waals surface area contributed by atoms with E-state index >= 15 is 0 Å². The van der Waals surface area contributed by atoms with Crippen LogP contribution in [0.5, 0.6) is 0 Å². The molecule has 0 saturated carbocycles. The van der Waals surface area contributed by atoms with Gasteiger partial charge in [-0.1, -0.05) is 93.9 Å². The fourth-order valence-corrected chi connectivity index (χ4v) is 31.4. The van der Waals surface area contributed by atoms with Crippen LogP contribution in [-0.4, -0.2) is 21.1 Å². The van der Waals surface area contributed by atoms with Crippen LogP contribution in [0.15, 0.2) is 91.0 Å². The van der Waals surface area contributed by atoms with Gasteiger partial charge in [0.15, 0.2) is 0 Å². The fraction of sp³-hybridized carbons (Fsp3) is 0.280. The lowest BCUT2D eigenvalue weighted by Crippen LogP contribution is -2.60. The third-order valence-corrected chi connectivity index (χ3v) is 25.1. The van der Waals surface area contributed by atoms with Crippen molar-refractivity contribution in [2.45, 2.75) is 44.2 Å². The van der Waals surface area contributed by atoms with E-state index in [1.165, 1.54) is 0 Å². The molecule has 0 aliphatic carbocycles. The van der Waals surface area contributed by atoms with Gasteiger partial charge in [0, 0.05) is 0 Å². The van der Waals surface area contributed by atoms with Gasteiger partial charge >= 0.3 is 0 Å². The van der Waals surface area contributed by atoms with Crippen LogP contribution in [-0.2, 0) is 0 Å². The first-order valence-corrected chi connectivity index (χ1v) is 19.3. The second kappa shape index (κ2) is 8.10. The van der Waals surface area contributed by atoms with Crippen molar-refractivity contribution in [2.24, 2.45) is 0 Å². The molecule has 0 amide bonds. The Bertz CT molecular complexity index is 768. The molecule has 3 rings (SSSR count). The van der Waals surface area contributed by atoms with Gasteiger partial charge in [-0.2, -0.15) is 0 Å². The second-order valence-electron chi connectivity index (χ2n) is 9.86. The van der Waals surface area contributed by atoms with Gasteiger partial charge in [-0.25, -0.2) is 0 Å². The van der Waals surface area contributed by atoms with Crippen molar-refractivity contribution in [3.8, 4) is 0 Å². The van der Waals surface area contributed by atoms with Gasteiger partial charge in [-0.15, -0.1) is 0 Å². The molecule has 0 aliphatic heterocycles. The number of hydrogen-bond donors (Lipinski definition) is 0. The van der Waals surface area contributed by atoms with Crippen LogP contribution in [0.1, 0.15) is 0 Å². The van der Waals surface area contributed by atoms with Gasteiger partial charge in [0.05, 0.1) is 21.1 Å². The van der Waals surface area contributed by atoms with Crippen molar-refractivity contribution in [3.63, 3.8) is 0 Å². The Morgan fingerprint density at radius 2 is 0.714 bits per heavy atom. The summed E-state index contributed by atoms with van der Waals surface area (Å²) in [6.07, 6.45) is 0. The molecule has 28 heavy (non-hydrogen) atoms. The lowest BCUT2D eigenvalue weighted by atomic mass is 10.4. The minimum absolute atomic E-state index is 0.764. The van der Waals surface area contributed by atoms with E-state index in [0.717, 1.165) is 4.91 Å². The molecule has 0 unspecified atom stereocenters. The van der Waals surface area contributed by atoms with Crippen molar-refractivity contribution in [3.05, 3.63) is 91.0 Å². The Labute approximate surface area is 174 Å². The third kappa shape index (κ3) is 3.96. The third-order valence-electron chi connectivity index (χ3n) is 5.52. The zero-order valence-electron chi connectivity index (χ0n) is 18.2. The summed E-state index contributed by atoms with van der Waals surface area (Å²) in [5, 5.41) is 4.63. The molecular weight excluding hydrogens is 387 g/mol. The highest BCUT2D eigenvalue weighted by Crippen LogP contribution is 2.64. The van der Waals surface area contributed by atoms with E-state index in [0.29, 0.717) is 0 Å². The van der Waals surface area contributed by atoms with Crippen LogP contribution in [0.2, 0.25) is 39.3 Å². The molecule has 3 aromatic rings. The topological polar surface area (TPSA) is 0 Å². The van der Waals surface area contributed by atoms with Gasteiger partial charge < -0.3 is 0 Å². The molecule has 0 fully saturated rings. The molecule has 0 saturated heterocycles. The SMILES string of the molecule is C[Si](C)(C)C([Si](C)(C)C)[P+](c1ccccc1)(c1ccccc1)c1ccccc1. The first-order valence-electron chi connectivity index (χ1n) is 10.2. The molecule has 0 radical (unpaired) electrons. The van der Waals surface area contributed by atoms with Gasteiger partial charge in [0.1, 0.15) is 23.2 Å². The Hall–Kier alpha value is -1.48. The smallest absolute Gasteiger partial charge is 0.0663 e. The van der Waals surface area contributed by atoms with Gasteiger partial charge in [-0.3, -0.25) is 0 Å². The Morgan fingerprint density at radius 3 is 0.929 bits per heavy atom. The monoisotopic (exact) mass is 421 g/mol. The maximum Gasteiger partial charge on any atom is 0.108 e. The first-order chi connectivity index (χ1) is 13.2. The largest absolute Gasteiger partial charge is 0.108 e. The lowest BCUT2D eigenvalue weighted by molar-refractivity contribution is 1.43. The molecule has 3 aromatic carbocycles. The van der Waals surface area contributed by atoms with E-state index in [9.17, 15) is 0 Å². The second-order valence-corrected chi connectivity index (χ2v) is 25.5. The summed E-state index contributed by atoms with van der Waals surface area (Å²) in [7, 11) is -4.77. The zero-order valence-corrected chi connectivity index (χ0v) is 21.1. The molecule has 0 nitrogen and oxygen atoms in total. The van der Waals surface area contributed by atoms with E-state index < -0.39 is 23.4 Å². The van der Waals surface area contributed by atoms with Crippen LogP contribution in [0.25, 0.3) is 0 Å². The van der Waals surface area contributed by atoms with E-state index in [-0.39, 0.29) is 0 Å². The van der Waals surface area contributed by atoms with Gasteiger partial charge in [0.2, 0.25) is 0 Å². The average Bonchev–Trinajstić information content (AvgIpc) is 2.66. The molecule has 0 N–H and O–H groups in total. The van der Waals surface area contributed by atoms with E-state index in [2.05, 4.69) is 130 Å². The first kappa shape index (κ1) is 21.2. The summed E-state index contributed by atoms with van der Waals surface area (Å²) < 4.78 is 0. The van der Waals surface area contributed by atoms with E-state index in [1.54, 1.807) is 15.9 Å². The molecule has 0 bridgehead atoms. The minimum atomic E-state index is -1.78. The fourth-order valence-electron chi connectivity index (χ4n) is 5.34. The normalized spacial score (nSPS) is 13.0.